The smallest absolute Gasteiger partial charge is 0.381 e. The summed E-state index contributed by atoms with van der Waals surface area (Å²) in [5, 5.41) is 11.7. The van der Waals surface area contributed by atoms with Gasteiger partial charge in [-0.05, 0) is 61.7 Å². The van der Waals surface area contributed by atoms with E-state index in [1.54, 1.807) is 40.1 Å². The maximum absolute atomic E-state index is 14.3. The van der Waals surface area contributed by atoms with E-state index in [1.807, 2.05) is 29.8 Å². The second kappa shape index (κ2) is 13.2. The molecule has 2 saturated heterocycles. The van der Waals surface area contributed by atoms with Gasteiger partial charge in [-0.25, -0.2) is 4.98 Å². The predicted molar refractivity (Wildman–Crippen MR) is 179 cm³/mol. The maximum atomic E-state index is 14.3. The molecule has 0 atom stereocenters. The first-order valence-corrected chi connectivity index (χ1v) is 16.2. The maximum Gasteiger partial charge on any atom is 0.418 e. The Morgan fingerprint density at radius 1 is 1.04 bits per heavy atom. The van der Waals surface area contributed by atoms with Crippen molar-refractivity contribution >= 4 is 40.0 Å². The summed E-state index contributed by atoms with van der Waals surface area (Å²) in [4.78, 5) is 25.1. The van der Waals surface area contributed by atoms with Crippen LogP contribution in [0.3, 0.4) is 0 Å². The number of nitrogens with one attached hydrogen (secondary N) is 2. The zero-order chi connectivity index (χ0) is 33.4. The number of pyridine rings is 1. The number of hydrogen-bond donors (Lipinski definition) is 2. The first-order chi connectivity index (χ1) is 23.2. The first-order valence-electron chi connectivity index (χ1n) is 15.9. The van der Waals surface area contributed by atoms with Gasteiger partial charge in [0.05, 0.1) is 23.8 Å². The standard InChI is InChI=1S/C34H34ClF3N8O2/c1-21-2-4-26(29(35)16-21)27-17-22-19-40-33(42-23-3-5-30(28(18-23)34(36,37)38)44-12-10-39-11-13-44)43-31(22)45(32(27)47)20-25-6-9-41-46(25)24-7-14-48-15-8-24/h2-6,9,16-19,24,39H,7-8,10-15,20H2,1H3,(H,40,42,43). The lowest BCUT2D eigenvalue weighted by molar-refractivity contribution is -0.137. The summed E-state index contributed by atoms with van der Waals surface area (Å²) >= 11 is 6.63. The fraction of sp³-hybridized carbons (Fsp3) is 0.353. The highest BCUT2D eigenvalue weighted by molar-refractivity contribution is 6.33. The van der Waals surface area contributed by atoms with Crippen molar-refractivity contribution < 1.29 is 17.9 Å². The number of aryl methyl sites for hydroxylation is 1. The Labute approximate surface area is 279 Å². The van der Waals surface area contributed by atoms with Crippen molar-refractivity contribution in [3.8, 4) is 11.1 Å². The number of aromatic nitrogens is 5. The zero-order valence-corrected chi connectivity index (χ0v) is 27.0. The van der Waals surface area contributed by atoms with Gasteiger partial charge in [0.2, 0.25) is 5.95 Å². The molecule has 0 unspecified atom stereocenters. The molecule has 0 aliphatic carbocycles. The van der Waals surface area contributed by atoms with Crippen LogP contribution in [0.5, 0.6) is 0 Å². The van der Waals surface area contributed by atoms with Crippen molar-refractivity contribution in [1.82, 2.24) is 29.6 Å². The largest absolute Gasteiger partial charge is 0.418 e. The van der Waals surface area contributed by atoms with E-state index < -0.39 is 11.7 Å². The first kappa shape index (κ1) is 32.1. The molecule has 5 heterocycles. The van der Waals surface area contributed by atoms with Gasteiger partial charge in [-0.3, -0.25) is 14.0 Å². The Morgan fingerprint density at radius 2 is 1.83 bits per heavy atom. The minimum absolute atomic E-state index is 0.0535. The summed E-state index contributed by atoms with van der Waals surface area (Å²) in [6, 6.07) is 13.3. The minimum Gasteiger partial charge on any atom is -0.381 e. The highest BCUT2D eigenvalue weighted by Gasteiger charge is 2.35. The molecule has 2 aliphatic rings. The van der Waals surface area contributed by atoms with Crippen molar-refractivity contribution in [3.63, 3.8) is 0 Å². The quantitative estimate of drug-likeness (QED) is 0.210. The number of rotatable bonds is 7. The monoisotopic (exact) mass is 678 g/mol. The van der Waals surface area contributed by atoms with Crippen LogP contribution in [0, 0.1) is 6.92 Å². The molecule has 14 heteroatoms. The number of piperazine rings is 1. The molecular weight excluding hydrogens is 645 g/mol. The van der Waals surface area contributed by atoms with E-state index in [4.69, 9.17) is 16.3 Å². The molecular formula is C34H34ClF3N8O2. The normalized spacial score (nSPS) is 16.1. The van der Waals surface area contributed by atoms with Crippen molar-refractivity contribution in [2.45, 2.75) is 38.5 Å². The van der Waals surface area contributed by atoms with Gasteiger partial charge in [0.15, 0.2) is 0 Å². The molecule has 0 radical (unpaired) electrons. The van der Waals surface area contributed by atoms with Crippen LogP contribution in [0.4, 0.5) is 30.5 Å². The van der Waals surface area contributed by atoms with Crippen LogP contribution in [0.15, 0.2) is 65.7 Å². The number of halogens is 4. The van der Waals surface area contributed by atoms with Crippen molar-refractivity contribution in [1.29, 1.82) is 0 Å². The molecule has 0 bridgehead atoms. The summed E-state index contributed by atoms with van der Waals surface area (Å²) in [6.07, 6.45) is 0.300. The Hall–Kier alpha value is -4.46. The molecule has 3 aromatic heterocycles. The third-order valence-corrected chi connectivity index (χ3v) is 9.18. The number of anilines is 3. The SMILES string of the molecule is Cc1ccc(-c2cc3cnc(Nc4ccc(N5CCNCC5)c(C(F)(F)F)c4)nc3n(Cc3ccnn3C3CCOCC3)c2=O)c(Cl)c1. The summed E-state index contributed by atoms with van der Waals surface area (Å²) in [5.41, 5.74) is 2.28. The molecule has 5 aromatic rings. The van der Waals surface area contributed by atoms with Gasteiger partial charge in [0.25, 0.3) is 5.56 Å². The van der Waals surface area contributed by atoms with Crippen molar-refractivity contribution in [3.05, 3.63) is 93.1 Å². The second-order valence-corrected chi connectivity index (χ2v) is 12.5. The molecule has 7 rings (SSSR count). The molecule has 48 heavy (non-hydrogen) atoms. The molecule has 10 nitrogen and oxygen atoms in total. The number of ether oxygens (including phenoxy) is 1. The van der Waals surface area contributed by atoms with Crippen molar-refractivity contribution in [2.24, 2.45) is 0 Å². The molecule has 2 aliphatic heterocycles. The fourth-order valence-corrected chi connectivity index (χ4v) is 6.77. The second-order valence-electron chi connectivity index (χ2n) is 12.1. The molecule has 0 spiro atoms. The van der Waals surface area contributed by atoms with E-state index in [1.165, 1.54) is 6.07 Å². The number of hydrogen-bond acceptors (Lipinski definition) is 8. The van der Waals surface area contributed by atoms with Gasteiger partial charge in [-0.15, -0.1) is 0 Å². The van der Waals surface area contributed by atoms with Crippen molar-refractivity contribution in [2.75, 3.05) is 49.6 Å². The summed E-state index contributed by atoms with van der Waals surface area (Å²) in [7, 11) is 0. The number of alkyl halides is 3. The Morgan fingerprint density at radius 3 is 2.58 bits per heavy atom. The lowest BCUT2D eigenvalue weighted by Gasteiger charge is -2.31. The fourth-order valence-electron chi connectivity index (χ4n) is 6.44. The van der Waals surface area contributed by atoms with Gasteiger partial charge >= 0.3 is 6.18 Å². The number of nitrogens with zero attached hydrogens (tertiary/aromatic N) is 6. The van der Waals surface area contributed by atoms with E-state index in [0.717, 1.165) is 30.2 Å². The highest BCUT2D eigenvalue weighted by atomic mass is 35.5. The molecule has 2 N–H and O–H groups in total. The highest BCUT2D eigenvalue weighted by Crippen LogP contribution is 2.39. The van der Waals surface area contributed by atoms with Gasteiger partial charge in [0.1, 0.15) is 5.65 Å². The molecule has 2 aromatic carbocycles. The average molecular weight is 679 g/mol. The zero-order valence-electron chi connectivity index (χ0n) is 26.2. The van der Waals surface area contributed by atoms with Crippen LogP contribution in [0.25, 0.3) is 22.2 Å². The van der Waals surface area contributed by atoms with Gasteiger partial charge in [-0.1, -0.05) is 23.7 Å². The van der Waals surface area contributed by atoms with Gasteiger partial charge in [0, 0.05) is 84.7 Å². The third kappa shape index (κ3) is 6.49. The van der Waals surface area contributed by atoms with Crippen LogP contribution in [-0.4, -0.2) is 63.7 Å². The number of benzene rings is 2. The Balaban J connectivity index is 1.31. The van der Waals surface area contributed by atoms with E-state index >= 15 is 0 Å². The molecule has 0 saturated carbocycles. The summed E-state index contributed by atoms with van der Waals surface area (Å²) < 4.78 is 51.8. The van der Waals surface area contributed by atoms with E-state index in [2.05, 4.69) is 25.7 Å². The van der Waals surface area contributed by atoms with Crippen LogP contribution in [-0.2, 0) is 17.5 Å². The summed E-state index contributed by atoms with van der Waals surface area (Å²) in [6.45, 7) is 5.50. The molecule has 2 fully saturated rings. The van der Waals surface area contributed by atoms with E-state index in [0.29, 0.717) is 66.6 Å². The van der Waals surface area contributed by atoms with E-state index in [-0.39, 0.29) is 35.5 Å². The van der Waals surface area contributed by atoms with Gasteiger partial charge < -0.3 is 20.3 Å². The van der Waals surface area contributed by atoms with Crippen LogP contribution in [0.2, 0.25) is 5.02 Å². The lowest BCUT2D eigenvalue weighted by atomic mass is 10.0. The Kier molecular flexibility index (Phi) is 8.84. The lowest BCUT2D eigenvalue weighted by Crippen LogP contribution is -2.44. The van der Waals surface area contributed by atoms with Crippen LogP contribution < -0.4 is 21.1 Å². The molecule has 250 valence electrons. The van der Waals surface area contributed by atoms with Gasteiger partial charge in [-0.2, -0.15) is 23.3 Å². The topological polar surface area (TPSA) is 102 Å². The van der Waals surface area contributed by atoms with Crippen LogP contribution in [0.1, 0.15) is 35.7 Å². The van der Waals surface area contributed by atoms with E-state index in [9.17, 15) is 18.0 Å². The Bertz CT molecular complexity index is 2020. The summed E-state index contributed by atoms with van der Waals surface area (Å²) in [5.74, 6) is 0.0535. The average Bonchev–Trinajstić information content (AvgIpc) is 3.55. The third-order valence-electron chi connectivity index (χ3n) is 8.87. The van der Waals surface area contributed by atoms with Crippen LogP contribution >= 0.6 is 11.6 Å². The predicted octanol–water partition coefficient (Wildman–Crippen LogP) is 6.19. The minimum atomic E-state index is -4.57. The number of fused-ring (bicyclic) bond motifs is 1. The molecule has 0 amide bonds.